The minimum absolute atomic E-state index is 0.308. The van der Waals surface area contributed by atoms with E-state index >= 15 is 0 Å². The van der Waals surface area contributed by atoms with Gasteiger partial charge in [0, 0.05) is 37.9 Å². The molecule has 0 unspecified atom stereocenters. The summed E-state index contributed by atoms with van der Waals surface area (Å²) in [5.74, 6) is -0.357. The second kappa shape index (κ2) is 15.0. The van der Waals surface area contributed by atoms with Crippen LogP contribution in [-0.4, -0.2) is 41.2 Å². The van der Waals surface area contributed by atoms with Gasteiger partial charge in [0.05, 0.1) is 6.61 Å². The molecular weight excluding hydrogens is 456 g/mol. The Balaban J connectivity index is 2.30. The average molecular weight is 499 g/mol. The number of carbonyl (C=O) groups is 1. The van der Waals surface area contributed by atoms with Gasteiger partial charge in [0.15, 0.2) is 0 Å². The summed E-state index contributed by atoms with van der Waals surface area (Å²) < 4.78 is 23.6. The van der Waals surface area contributed by atoms with Crippen LogP contribution < -0.4 is 0 Å². The van der Waals surface area contributed by atoms with Gasteiger partial charge in [0.1, 0.15) is 0 Å². The van der Waals surface area contributed by atoms with Gasteiger partial charge < -0.3 is 18.0 Å². The topological polar surface area (TPSA) is 54.0 Å². The van der Waals surface area contributed by atoms with Gasteiger partial charge in [0.2, 0.25) is 0 Å². The first-order valence-corrected chi connectivity index (χ1v) is 14.8. The summed E-state index contributed by atoms with van der Waals surface area (Å²) in [6, 6.07) is 16.0. The number of carbonyl (C=O) groups excluding carboxylic acids is 1. The SMILES string of the molecule is C=C(C)C(=O)OCCc1cc(-c2ccc(CCC)cc2)ccc1CC[Si](OCC)(OCC)OCC. The Bertz CT molecular complexity index is 922. The molecule has 0 radical (unpaired) electrons. The number of hydrogen-bond acceptors (Lipinski definition) is 5. The Labute approximate surface area is 212 Å². The molecule has 192 valence electrons. The highest BCUT2D eigenvalue weighted by Crippen LogP contribution is 2.27. The van der Waals surface area contributed by atoms with E-state index in [1.807, 2.05) is 20.8 Å². The lowest BCUT2D eigenvalue weighted by atomic mass is 9.95. The third-order valence-electron chi connectivity index (χ3n) is 5.78. The van der Waals surface area contributed by atoms with Crippen molar-refractivity contribution in [3.63, 3.8) is 0 Å². The first-order valence-electron chi connectivity index (χ1n) is 12.8. The summed E-state index contributed by atoms with van der Waals surface area (Å²) >= 11 is 0. The number of rotatable bonds is 16. The van der Waals surface area contributed by atoms with Gasteiger partial charge in [-0.2, -0.15) is 0 Å². The van der Waals surface area contributed by atoms with Crippen molar-refractivity contribution in [3.05, 3.63) is 71.3 Å². The minimum Gasteiger partial charge on any atom is -0.462 e. The Morgan fingerprint density at radius 2 is 1.40 bits per heavy atom. The van der Waals surface area contributed by atoms with Crippen LogP contribution >= 0.6 is 0 Å². The third kappa shape index (κ3) is 9.04. The number of benzene rings is 2. The van der Waals surface area contributed by atoms with E-state index in [0.29, 0.717) is 44.5 Å². The molecule has 2 aromatic carbocycles. The molecule has 6 heteroatoms. The number of ether oxygens (including phenoxy) is 1. The second-order valence-corrected chi connectivity index (χ2v) is 11.3. The van der Waals surface area contributed by atoms with Crippen molar-refractivity contribution >= 4 is 14.8 Å². The summed E-state index contributed by atoms with van der Waals surface area (Å²) in [4.78, 5) is 11.9. The molecule has 0 saturated heterocycles. The van der Waals surface area contributed by atoms with E-state index in [1.165, 1.54) is 16.7 Å². The van der Waals surface area contributed by atoms with Gasteiger partial charge in [-0.25, -0.2) is 4.79 Å². The molecule has 0 fully saturated rings. The van der Waals surface area contributed by atoms with Gasteiger partial charge in [-0.1, -0.05) is 62.4 Å². The standard InChI is InChI=1S/C29H42O5Si/c1-7-11-24-12-14-25(15-13-24)27-17-16-26(28(22-27)18-20-31-29(30)23(5)6)19-21-35(32-8-2,33-9-3)34-10-4/h12-17,22H,5,7-11,18-21H2,1-4,6H3. The first-order chi connectivity index (χ1) is 16.9. The van der Waals surface area contributed by atoms with Crippen LogP contribution in [0.15, 0.2) is 54.6 Å². The fraction of sp³-hybridized carbons (Fsp3) is 0.483. The van der Waals surface area contributed by atoms with Crippen LogP contribution in [0, 0.1) is 0 Å². The Kier molecular flexibility index (Phi) is 12.4. The van der Waals surface area contributed by atoms with Crippen LogP contribution in [0.25, 0.3) is 11.1 Å². The maximum atomic E-state index is 11.9. The third-order valence-corrected chi connectivity index (χ3v) is 8.83. The Morgan fingerprint density at radius 3 is 1.94 bits per heavy atom. The van der Waals surface area contributed by atoms with E-state index in [-0.39, 0.29) is 5.97 Å². The zero-order valence-corrected chi connectivity index (χ0v) is 23.2. The Hall–Kier alpha value is -2.25. The molecule has 0 N–H and O–H groups in total. The molecule has 0 spiro atoms. The van der Waals surface area contributed by atoms with Crippen LogP contribution in [0.4, 0.5) is 0 Å². The predicted molar refractivity (Wildman–Crippen MR) is 144 cm³/mol. The minimum atomic E-state index is -2.75. The van der Waals surface area contributed by atoms with Crippen LogP contribution in [0.1, 0.15) is 57.7 Å². The van der Waals surface area contributed by atoms with E-state index in [4.69, 9.17) is 18.0 Å². The van der Waals surface area contributed by atoms with Crippen LogP contribution in [0.5, 0.6) is 0 Å². The van der Waals surface area contributed by atoms with Gasteiger partial charge >= 0.3 is 14.8 Å². The maximum absolute atomic E-state index is 11.9. The summed E-state index contributed by atoms with van der Waals surface area (Å²) in [6.45, 7) is 15.4. The van der Waals surface area contributed by atoms with Crippen molar-refractivity contribution in [1.82, 2.24) is 0 Å². The molecule has 2 rings (SSSR count). The van der Waals surface area contributed by atoms with Crippen LogP contribution in [0.3, 0.4) is 0 Å². The van der Waals surface area contributed by atoms with Gasteiger partial charge in [0.25, 0.3) is 0 Å². The molecule has 0 aromatic heterocycles. The Morgan fingerprint density at radius 1 is 0.800 bits per heavy atom. The highest BCUT2D eigenvalue weighted by Gasteiger charge is 2.40. The molecule has 0 amide bonds. The monoisotopic (exact) mass is 498 g/mol. The summed E-state index contributed by atoms with van der Waals surface area (Å²) in [5.41, 5.74) is 6.44. The fourth-order valence-corrected chi connectivity index (χ4v) is 6.68. The van der Waals surface area contributed by atoms with Crippen molar-refractivity contribution < 1.29 is 22.8 Å². The van der Waals surface area contributed by atoms with Crippen molar-refractivity contribution in [1.29, 1.82) is 0 Å². The lowest BCUT2D eigenvalue weighted by molar-refractivity contribution is -0.138. The van der Waals surface area contributed by atoms with E-state index < -0.39 is 8.80 Å². The summed E-state index contributed by atoms with van der Waals surface area (Å²) in [7, 11) is -2.75. The molecule has 0 atom stereocenters. The zero-order chi connectivity index (χ0) is 25.7. The van der Waals surface area contributed by atoms with Crippen LogP contribution in [-0.2, 0) is 42.1 Å². The van der Waals surface area contributed by atoms with Gasteiger partial charge in [-0.05, 0) is 68.4 Å². The zero-order valence-electron chi connectivity index (χ0n) is 22.2. The van der Waals surface area contributed by atoms with Crippen molar-refractivity contribution in [3.8, 4) is 11.1 Å². The van der Waals surface area contributed by atoms with E-state index in [9.17, 15) is 4.79 Å². The van der Waals surface area contributed by atoms with Crippen molar-refractivity contribution in [2.24, 2.45) is 0 Å². The lowest BCUT2D eigenvalue weighted by Gasteiger charge is -2.28. The predicted octanol–water partition coefficient (Wildman–Crippen LogP) is 6.56. The summed E-state index contributed by atoms with van der Waals surface area (Å²) in [5, 5.41) is 0. The molecule has 0 aliphatic rings. The molecule has 0 bridgehead atoms. The largest absolute Gasteiger partial charge is 0.501 e. The molecule has 0 aliphatic carbocycles. The second-order valence-electron chi connectivity index (χ2n) is 8.58. The molecule has 35 heavy (non-hydrogen) atoms. The maximum Gasteiger partial charge on any atom is 0.501 e. The fourth-order valence-electron chi connectivity index (χ4n) is 4.10. The molecule has 0 saturated carbocycles. The van der Waals surface area contributed by atoms with Crippen LogP contribution in [0.2, 0.25) is 6.04 Å². The van der Waals surface area contributed by atoms with E-state index in [1.54, 1.807) is 6.92 Å². The number of aryl methyl sites for hydroxylation is 2. The lowest BCUT2D eigenvalue weighted by Crippen LogP contribution is -2.46. The smallest absolute Gasteiger partial charge is 0.462 e. The molecular formula is C29H42O5Si. The normalized spacial score (nSPS) is 11.5. The average Bonchev–Trinajstić information content (AvgIpc) is 2.84. The van der Waals surface area contributed by atoms with Crippen molar-refractivity contribution in [2.75, 3.05) is 26.4 Å². The molecule has 2 aromatic rings. The van der Waals surface area contributed by atoms with Gasteiger partial charge in [-0.15, -0.1) is 0 Å². The highest BCUT2D eigenvalue weighted by atomic mass is 28.4. The number of esters is 1. The molecule has 5 nitrogen and oxygen atoms in total. The highest BCUT2D eigenvalue weighted by molar-refractivity contribution is 6.60. The van der Waals surface area contributed by atoms with E-state index in [0.717, 1.165) is 30.4 Å². The molecule has 0 aliphatic heterocycles. The van der Waals surface area contributed by atoms with E-state index in [2.05, 4.69) is 56.0 Å². The first kappa shape index (κ1) is 29.0. The number of hydrogen-bond donors (Lipinski definition) is 0. The van der Waals surface area contributed by atoms with Crippen molar-refractivity contribution in [2.45, 2.75) is 66.3 Å². The molecule has 0 heterocycles. The quantitative estimate of drug-likeness (QED) is 0.149. The van der Waals surface area contributed by atoms with Gasteiger partial charge in [-0.3, -0.25) is 0 Å². The summed E-state index contributed by atoms with van der Waals surface area (Å²) in [6.07, 6.45) is 3.62.